The largest absolute Gasteiger partial charge is 0.465 e. The lowest BCUT2D eigenvalue weighted by Gasteiger charge is -2.22. The van der Waals surface area contributed by atoms with Gasteiger partial charge in [-0.1, -0.05) is 13.3 Å². The predicted molar refractivity (Wildman–Crippen MR) is 47.7 cm³/mol. The zero-order chi connectivity index (χ0) is 9.90. The molecule has 0 aliphatic heterocycles. The van der Waals surface area contributed by atoms with Gasteiger partial charge in [-0.2, -0.15) is 5.26 Å². The molecule has 0 N–H and O–H groups in total. The van der Waals surface area contributed by atoms with Crippen molar-refractivity contribution in [3.63, 3.8) is 0 Å². The van der Waals surface area contributed by atoms with Crippen molar-refractivity contribution in [3.05, 3.63) is 0 Å². The highest BCUT2D eigenvalue weighted by Gasteiger charge is 2.48. The Hall–Kier alpha value is -1.04. The van der Waals surface area contributed by atoms with E-state index in [-0.39, 0.29) is 11.9 Å². The Labute approximate surface area is 78.7 Å². The second-order valence-corrected chi connectivity index (χ2v) is 3.60. The van der Waals surface area contributed by atoms with Crippen LogP contribution in [-0.4, -0.2) is 12.6 Å². The van der Waals surface area contributed by atoms with Gasteiger partial charge in [-0.05, 0) is 25.7 Å². The van der Waals surface area contributed by atoms with Gasteiger partial charge in [0.15, 0.2) is 5.41 Å². The summed E-state index contributed by atoms with van der Waals surface area (Å²) in [7, 11) is 0. The first-order valence-electron chi connectivity index (χ1n) is 4.76. The summed E-state index contributed by atoms with van der Waals surface area (Å²) in [6, 6.07) is 2.14. The zero-order valence-electron chi connectivity index (χ0n) is 8.17. The van der Waals surface area contributed by atoms with E-state index in [2.05, 4.69) is 6.07 Å². The van der Waals surface area contributed by atoms with Crippen LogP contribution in [0.25, 0.3) is 0 Å². The summed E-state index contributed by atoms with van der Waals surface area (Å²) >= 11 is 0. The third-order valence-corrected chi connectivity index (χ3v) is 2.89. The fraction of sp³-hybridized carbons (Fsp3) is 0.800. The van der Waals surface area contributed by atoms with E-state index in [9.17, 15) is 4.79 Å². The van der Waals surface area contributed by atoms with E-state index in [4.69, 9.17) is 10.00 Å². The van der Waals surface area contributed by atoms with E-state index >= 15 is 0 Å². The molecule has 1 rings (SSSR count). The molecular formula is C10H15NO2. The van der Waals surface area contributed by atoms with Crippen molar-refractivity contribution in [2.75, 3.05) is 6.61 Å². The summed E-state index contributed by atoms with van der Waals surface area (Å²) in [5.74, 6) is -0.195. The lowest BCUT2D eigenvalue weighted by molar-refractivity contribution is -0.153. The van der Waals surface area contributed by atoms with Crippen LogP contribution in [0.2, 0.25) is 0 Å². The molecule has 1 aliphatic rings. The van der Waals surface area contributed by atoms with Crippen LogP contribution in [0.3, 0.4) is 0 Å². The fourth-order valence-corrected chi connectivity index (χ4v) is 1.95. The van der Waals surface area contributed by atoms with Gasteiger partial charge >= 0.3 is 5.97 Å². The number of carbonyl (C=O) groups is 1. The standard InChI is InChI=1S/C10H15NO2/c1-3-13-9(12)10(7-11)6-4-5-8(10)2/h8H,3-6H2,1-2H3. The SMILES string of the molecule is CCOC(=O)C1(C#N)CCCC1C. The maximum atomic E-state index is 11.6. The molecular weight excluding hydrogens is 166 g/mol. The highest BCUT2D eigenvalue weighted by Crippen LogP contribution is 2.43. The van der Waals surface area contributed by atoms with Crippen LogP contribution in [0, 0.1) is 22.7 Å². The highest BCUT2D eigenvalue weighted by atomic mass is 16.5. The molecule has 0 heterocycles. The van der Waals surface area contributed by atoms with Crippen LogP contribution in [-0.2, 0) is 9.53 Å². The third kappa shape index (κ3) is 1.53. The highest BCUT2D eigenvalue weighted by molar-refractivity contribution is 5.80. The van der Waals surface area contributed by atoms with Crippen LogP contribution >= 0.6 is 0 Å². The molecule has 0 amide bonds. The van der Waals surface area contributed by atoms with E-state index in [1.54, 1.807) is 6.92 Å². The van der Waals surface area contributed by atoms with Gasteiger partial charge in [-0.15, -0.1) is 0 Å². The summed E-state index contributed by atoms with van der Waals surface area (Å²) in [4.78, 5) is 11.6. The Morgan fingerprint density at radius 2 is 2.46 bits per heavy atom. The Bertz CT molecular complexity index is 244. The maximum absolute atomic E-state index is 11.6. The summed E-state index contributed by atoms with van der Waals surface area (Å²) in [6.45, 7) is 4.07. The van der Waals surface area contributed by atoms with E-state index in [0.717, 1.165) is 12.8 Å². The molecule has 1 saturated carbocycles. The number of esters is 1. The quantitative estimate of drug-likeness (QED) is 0.611. The van der Waals surface area contributed by atoms with Crippen molar-refractivity contribution < 1.29 is 9.53 Å². The molecule has 1 aliphatic carbocycles. The predicted octanol–water partition coefficient (Wildman–Crippen LogP) is 1.88. The number of hydrogen-bond donors (Lipinski definition) is 0. The van der Waals surface area contributed by atoms with Gasteiger partial charge in [0, 0.05) is 0 Å². The third-order valence-electron chi connectivity index (χ3n) is 2.89. The molecule has 0 spiro atoms. The Kier molecular flexibility index (Phi) is 2.92. The molecule has 0 aromatic carbocycles. The average Bonchev–Trinajstić information content (AvgIpc) is 2.48. The van der Waals surface area contributed by atoms with Crippen LogP contribution in [0.4, 0.5) is 0 Å². The number of ether oxygens (including phenoxy) is 1. The lowest BCUT2D eigenvalue weighted by atomic mass is 9.80. The molecule has 3 heteroatoms. The van der Waals surface area contributed by atoms with Crippen LogP contribution < -0.4 is 0 Å². The molecule has 0 bridgehead atoms. The monoisotopic (exact) mass is 181 g/mol. The van der Waals surface area contributed by atoms with Gasteiger partial charge < -0.3 is 4.74 Å². The van der Waals surface area contributed by atoms with Gasteiger partial charge in [0.1, 0.15) is 0 Å². The molecule has 0 radical (unpaired) electrons. The van der Waals surface area contributed by atoms with Crippen molar-refractivity contribution in [1.82, 2.24) is 0 Å². The van der Waals surface area contributed by atoms with E-state index in [1.807, 2.05) is 6.92 Å². The normalized spacial score (nSPS) is 32.5. The summed E-state index contributed by atoms with van der Waals surface area (Å²) in [6.07, 6.45) is 2.56. The van der Waals surface area contributed by atoms with Crippen molar-refractivity contribution >= 4 is 5.97 Å². The Morgan fingerprint density at radius 3 is 2.85 bits per heavy atom. The smallest absolute Gasteiger partial charge is 0.326 e. The van der Waals surface area contributed by atoms with Crippen molar-refractivity contribution in [1.29, 1.82) is 5.26 Å². The van der Waals surface area contributed by atoms with Gasteiger partial charge in [-0.25, -0.2) is 0 Å². The molecule has 72 valence electrons. The topological polar surface area (TPSA) is 50.1 Å². The average molecular weight is 181 g/mol. The van der Waals surface area contributed by atoms with Gasteiger partial charge in [0.05, 0.1) is 12.7 Å². The maximum Gasteiger partial charge on any atom is 0.326 e. The van der Waals surface area contributed by atoms with Crippen LogP contribution in [0.1, 0.15) is 33.1 Å². The molecule has 2 unspecified atom stereocenters. The summed E-state index contributed by atoms with van der Waals surface area (Å²) < 4.78 is 4.93. The van der Waals surface area contributed by atoms with Crippen LogP contribution in [0.5, 0.6) is 0 Å². The Balaban J connectivity index is 2.82. The molecule has 13 heavy (non-hydrogen) atoms. The molecule has 2 atom stereocenters. The van der Waals surface area contributed by atoms with Crippen molar-refractivity contribution in [2.24, 2.45) is 11.3 Å². The van der Waals surface area contributed by atoms with E-state index < -0.39 is 5.41 Å². The van der Waals surface area contributed by atoms with Gasteiger partial charge in [-0.3, -0.25) is 4.79 Å². The first kappa shape index (κ1) is 10.0. The van der Waals surface area contributed by atoms with E-state index in [0.29, 0.717) is 13.0 Å². The number of rotatable bonds is 2. The molecule has 0 saturated heterocycles. The van der Waals surface area contributed by atoms with Crippen molar-refractivity contribution in [2.45, 2.75) is 33.1 Å². The first-order chi connectivity index (χ1) is 6.17. The van der Waals surface area contributed by atoms with Crippen LogP contribution in [0.15, 0.2) is 0 Å². The minimum atomic E-state index is -0.851. The number of nitriles is 1. The van der Waals surface area contributed by atoms with Gasteiger partial charge in [0.25, 0.3) is 0 Å². The molecule has 1 fully saturated rings. The fourth-order valence-electron chi connectivity index (χ4n) is 1.95. The van der Waals surface area contributed by atoms with E-state index in [1.165, 1.54) is 0 Å². The van der Waals surface area contributed by atoms with Crippen molar-refractivity contribution in [3.8, 4) is 6.07 Å². The Morgan fingerprint density at radius 1 is 1.77 bits per heavy atom. The second-order valence-electron chi connectivity index (χ2n) is 3.60. The number of carbonyl (C=O) groups excluding carboxylic acids is 1. The minimum Gasteiger partial charge on any atom is -0.465 e. The molecule has 0 aromatic rings. The first-order valence-corrected chi connectivity index (χ1v) is 4.76. The zero-order valence-corrected chi connectivity index (χ0v) is 8.17. The lowest BCUT2D eigenvalue weighted by Crippen LogP contribution is -2.33. The summed E-state index contributed by atoms with van der Waals surface area (Å²) in [5.41, 5.74) is -0.851. The number of hydrogen-bond acceptors (Lipinski definition) is 3. The molecule has 0 aromatic heterocycles. The van der Waals surface area contributed by atoms with Gasteiger partial charge in [0.2, 0.25) is 0 Å². The molecule has 3 nitrogen and oxygen atoms in total. The summed E-state index contributed by atoms with van der Waals surface area (Å²) in [5, 5.41) is 9.03. The second kappa shape index (κ2) is 3.78. The number of nitrogens with zero attached hydrogens (tertiary/aromatic N) is 1. The minimum absolute atomic E-state index is 0.136.